The summed E-state index contributed by atoms with van der Waals surface area (Å²) in [6, 6.07) is 1.76. The molecule has 0 bridgehead atoms. The van der Waals surface area contributed by atoms with Gasteiger partial charge in [0.1, 0.15) is 0 Å². The first-order valence-corrected chi connectivity index (χ1v) is 4.15. The quantitative estimate of drug-likeness (QED) is 0.754. The van der Waals surface area contributed by atoms with Crippen LogP contribution in [0.4, 0.5) is 0 Å². The van der Waals surface area contributed by atoms with Gasteiger partial charge >= 0.3 is 5.97 Å². The molecular formula is C9H9N3O2. The SMILES string of the molecule is Cn1cnc2ccnc(CC(=O)O)c21. The zero-order chi connectivity index (χ0) is 10.1. The van der Waals surface area contributed by atoms with Gasteiger partial charge in [-0.2, -0.15) is 0 Å². The monoisotopic (exact) mass is 191 g/mol. The lowest BCUT2D eigenvalue weighted by molar-refractivity contribution is -0.136. The number of fused-ring (bicyclic) bond motifs is 1. The van der Waals surface area contributed by atoms with E-state index in [2.05, 4.69) is 9.97 Å². The van der Waals surface area contributed by atoms with Crippen LogP contribution < -0.4 is 0 Å². The third kappa shape index (κ3) is 1.32. The summed E-state index contributed by atoms with van der Waals surface area (Å²) < 4.78 is 1.78. The Balaban J connectivity index is 2.63. The molecule has 2 heterocycles. The molecule has 0 aliphatic heterocycles. The number of hydrogen-bond donors (Lipinski definition) is 1. The molecule has 1 N–H and O–H groups in total. The molecule has 0 unspecified atom stereocenters. The van der Waals surface area contributed by atoms with Crippen molar-refractivity contribution >= 4 is 17.0 Å². The number of imidazole rings is 1. The fourth-order valence-electron chi connectivity index (χ4n) is 1.45. The van der Waals surface area contributed by atoms with Crippen LogP contribution in [0.15, 0.2) is 18.6 Å². The van der Waals surface area contributed by atoms with E-state index < -0.39 is 5.97 Å². The molecule has 0 amide bonds. The first-order valence-electron chi connectivity index (χ1n) is 4.15. The van der Waals surface area contributed by atoms with Crippen molar-refractivity contribution in [1.82, 2.24) is 14.5 Å². The molecule has 0 saturated heterocycles. The number of pyridine rings is 1. The van der Waals surface area contributed by atoms with Crippen LogP contribution in [-0.4, -0.2) is 25.6 Å². The average Bonchev–Trinajstić information content (AvgIpc) is 2.48. The van der Waals surface area contributed by atoms with Crippen LogP contribution >= 0.6 is 0 Å². The maximum absolute atomic E-state index is 10.6. The largest absolute Gasteiger partial charge is 0.481 e. The van der Waals surface area contributed by atoms with Gasteiger partial charge in [0.25, 0.3) is 0 Å². The van der Waals surface area contributed by atoms with E-state index in [1.54, 1.807) is 23.2 Å². The highest BCUT2D eigenvalue weighted by Crippen LogP contribution is 2.14. The molecule has 0 fully saturated rings. The Hall–Kier alpha value is -1.91. The summed E-state index contributed by atoms with van der Waals surface area (Å²) in [4.78, 5) is 18.7. The summed E-state index contributed by atoms with van der Waals surface area (Å²) >= 11 is 0. The molecule has 5 heteroatoms. The lowest BCUT2D eigenvalue weighted by atomic mass is 10.2. The van der Waals surface area contributed by atoms with E-state index in [9.17, 15) is 4.79 Å². The fourth-order valence-corrected chi connectivity index (χ4v) is 1.45. The Bertz CT molecular complexity index is 490. The van der Waals surface area contributed by atoms with Crippen LogP contribution in [0.25, 0.3) is 11.0 Å². The van der Waals surface area contributed by atoms with E-state index in [1.165, 1.54) is 0 Å². The Labute approximate surface area is 80.0 Å². The van der Waals surface area contributed by atoms with Gasteiger partial charge in [0.15, 0.2) is 0 Å². The van der Waals surface area contributed by atoms with Crippen LogP contribution in [0.2, 0.25) is 0 Å². The van der Waals surface area contributed by atoms with Crippen molar-refractivity contribution in [1.29, 1.82) is 0 Å². The molecule has 0 aliphatic carbocycles. The number of aromatic nitrogens is 3. The van der Waals surface area contributed by atoms with Crippen LogP contribution in [0.3, 0.4) is 0 Å². The summed E-state index contributed by atoms with van der Waals surface area (Å²) in [7, 11) is 1.82. The minimum Gasteiger partial charge on any atom is -0.481 e. The highest BCUT2D eigenvalue weighted by Gasteiger charge is 2.09. The van der Waals surface area contributed by atoms with E-state index in [-0.39, 0.29) is 6.42 Å². The van der Waals surface area contributed by atoms with Gasteiger partial charge in [-0.25, -0.2) is 4.98 Å². The molecule has 0 aliphatic rings. The molecule has 0 atom stereocenters. The number of aryl methyl sites for hydroxylation is 1. The summed E-state index contributed by atoms with van der Waals surface area (Å²) in [6.45, 7) is 0. The first-order chi connectivity index (χ1) is 6.68. The Kier molecular flexibility index (Phi) is 1.92. The van der Waals surface area contributed by atoms with E-state index in [1.807, 2.05) is 7.05 Å². The molecule has 0 radical (unpaired) electrons. The summed E-state index contributed by atoms with van der Waals surface area (Å²) in [5, 5.41) is 8.69. The van der Waals surface area contributed by atoms with Gasteiger partial charge in [0.2, 0.25) is 0 Å². The number of carbonyl (C=O) groups is 1. The number of rotatable bonds is 2. The molecular weight excluding hydrogens is 182 g/mol. The van der Waals surface area contributed by atoms with Gasteiger partial charge in [-0.3, -0.25) is 9.78 Å². The van der Waals surface area contributed by atoms with Gasteiger partial charge in [-0.15, -0.1) is 0 Å². The smallest absolute Gasteiger partial charge is 0.309 e. The second kappa shape index (κ2) is 3.10. The summed E-state index contributed by atoms with van der Waals surface area (Å²) in [5.41, 5.74) is 2.11. The molecule has 5 nitrogen and oxygen atoms in total. The average molecular weight is 191 g/mol. The van der Waals surface area contributed by atoms with Crippen molar-refractivity contribution in [2.45, 2.75) is 6.42 Å². The summed E-state index contributed by atoms with van der Waals surface area (Å²) in [6.07, 6.45) is 3.15. The number of nitrogens with zero attached hydrogens (tertiary/aromatic N) is 3. The minimum absolute atomic E-state index is 0.0725. The number of hydrogen-bond acceptors (Lipinski definition) is 3. The Morgan fingerprint density at radius 3 is 3.07 bits per heavy atom. The normalized spacial score (nSPS) is 10.6. The number of aliphatic carboxylic acids is 1. The van der Waals surface area contributed by atoms with Crippen molar-refractivity contribution in [3.63, 3.8) is 0 Å². The van der Waals surface area contributed by atoms with Gasteiger partial charge < -0.3 is 9.67 Å². The van der Waals surface area contributed by atoms with Gasteiger partial charge in [-0.05, 0) is 6.07 Å². The second-order valence-corrected chi connectivity index (χ2v) is 3.05. The first kappa shape index (κ1) is 8.68. The lowest BCUT2D eigenvalue weighted by Gasteiger charge is -2.00. The molecule has 2 aromatic rings. The molecule has 14 heavy (non-hydrogen) atoms. The maximum Gasteiger partial charge on any atom is 0.309 e. The predicted octanol–water partition coefficient (Wildman–Crippen LogP) is 0.595. The van der Waals surface area contributed by atoms with Crippen LogP contribution in [0, 0.1) is 0 Å². The summed E-state index contributed by atoms with van der Waals surface area (Å²) in [5.74, 6) is -0.883. The fraction of sp³-hybridized carbons (Fsp3) is 0.222. The number of carboxylic acid groups (broad SMARTS) is 1. The van der Waals surface area contributed by atoms with E-state index in [0.29, 0.717) is 5.69 Å². The highest BCUT2D eigenvalue weighted by molar-refractivity contribution is 5.81. The predicted molar refractivity (Wildman–Crippen MR) is 49.8 cm³/mol. The zero-order valence-electron chi connectivity index (χ0n) is 7.64. The van der Waals surface area contributed by atoms with Crippen LogP contribution in [0.5, 0.6) is 0 Å². The molecule has 2 aromatic heterocycles. The Morgan fingerprint density at radius 2 is 2.36 bits per heavy atom. The van der Waals surface area contributed by atoms with Crippen molar-refractivity contribution < 1.29 is 9.90 Å². The van der Waals surface area contributed by atoms with Gasteiger partial charge in [0, 0.05) is 13.2 Å². The minimum atomic E-state index is -0.883. The molecule has 0 saturated carbocycles. The van der Waals surface area contributed by atoms with Crippen molar-refractivity contribution in [2.75, 3.05) is 0 Å². The third-order valence-corrected chi connectivity index (χ3v) is 2.02. The second-order valence-electron chi connectivity index (χ2n) is 3.05. The van der Waals surface area contributed by atoms with E-state index in [4.69, 9.17) is 5.11 Å². The zero-order valence-corrected chi connectivity index (χ0v) is 7.64. The van der Waals surface area contributed by atoms with Crippen LogP contribution in [-0.2, 0) is 18.3 Å². The molecule has 0 spiro atoms. The molecule has 2 rings (SSSR count). The van der Waals surface area contributed by atoms with Gasteiger partial charge in [-0.1, -0.05) is 0 Å². The molecule has 0 aromatic carbocycles. The lowest BCUT2D eigenvalue weighted by Crippen LogP contribution is -2.04. The van der Waals surface area contributed by atoms with Crippen molar-refractivity contribution in [2.24, 2.45) is 7.05 Å². The third-order valence-electron chi connectivity index (χ3n) is 2.02. The Morgan fingerprint density at radius 1 is 1.57 bits per heavy atom. The van der Waals surface area contributed by atoms with Crippen molar-refractivity contribution in [3.05, 3.63) is 24.3 Å². The molecule has 72 valence electrons. The van der Waals surface area contributed by atoms with Gasteiger partial charge in [0.05, 0.1) is 29.5 Å². The van der Waals surface area contributed by atoms with Crippen LogP contribution in [0.1, 0.15) is 5.69 Å². The van der Waals surface area contributed by atoms with Crippen molar-refractivity contribution in [3.8, 4) is 0 Å². The standard InChI is InChI=1S/C9H9N3O2/c1-12-5-11-6-2-3-10-7(9(6)12)4-8(13)14/h2-3,5H,4H2,1H3,(H,13,14). The topological polar surface area (TPSA) is 68.0 Å². The highest BCUT2D eigenvalue weighted by atomic mass is 16.4. The maximum atomic E-state index is 10.6. The van der Waals surface area contributed by atoms with E-state index >= 15 is 0 Å². The van der Waals surface area contributed by atoms with E-state index in [0.717, 1.165) is 11.0 Å². The number of carboxylic acids is 1.